The zero-order valence-corrected chi connectivity index (χ0v) is 6.03. The second-order valence-corrected chi connectivity index (χ2v) is 1.79. The van der Waals surface area contributed by atoms with Crippen molar-refractivity contribution in [2.24, 2.45) is 0 Å². The van der Waals surface area contributed by atoms with Crippen molar-refractivity contribution in [2.45, 2.75) is 12.2 Å². The molecule has 3 nitrogen and oxygen atoms in total. The first-order chi connectivity index (χ1) is 4.93. The van der Waals surface area contributed by atoms with Gasteiger partial charge in [0.15, 0.2) is 0 Å². The van der Waals surface area contributed by atoms with Crippen LogP contribution in [0.4, 0.5) is 13.2 Å². The van der Waals surface area contributed by atoms with Gasteiger partial charge in [0.25, 0.3) is 0 Å². The van der Waals surface area contributed by atoms with Gasteiger partial charge in [-0.25, -0.2) is 0 Å². The predicted molar refractivity (Wildman–Crippen MR) is 30.9 cm³/mol. The van der Waals surface area contributed by atoms with Crippen LogP contribution in [0.5, 0.6) is 0 Å². The summed E-state index contributed by atoms with van der Waals surface area (Å²) in [5.41, 5.74) is 0. The highest BCUT2D eigenvalue weighted by Gasteiger charge is 2.44. The summed E-state index contributed by atoms with van der Waals surface area (Å²) < 4.78 is 39.3. The molecule has 0 fully saturated rings. The molecule has 11 heavy (non-hydrogen) atoms. The number of nitrogens with one attached hydrogen (secondary N) is 1. The third-order valence-corrected chi connectivity index (χ3v) is 1.05. The Morgan fingerprint density at radius 1 is 1.55 bits per heavy atom. The maximum absolute atomic E-state index is 11.8. The van der Waals surface area contributed by atoms with Gasteiger partial charge in [-0.2, -0.15) is 13.2 Å². The number of likely N-dealkylation sites (N-methyl/N-ethyl adjacent to an activating group) is 1. The standard InChI is InChI=1S/C5H8F3NO2/c1-9-3(4(10)11-2)5(6,7)8/h3,9H,1-2H3/t3-/m1/s1. The molecule has 0 bridgehead atoms. The molecule has 0 aliphatic carbocycles. The van der Waals surface area contributed by atoms with E-state index < -0.39 is 18.2 Å². The van der Waals surface area contributed by atoms with Gasteiger partial charge in [-0.15, -0.1) is 0 Å². The van der Waals surface area contributed by atoms with E-state index in [9.17, 15) is 18.0 Å². The van der Waals surface area contributed by atoms with E-state index >= 15 is 0 Å². The minimum absolute atomic E-state index is 0.901. The molecule has 0 saturated carbocycles. The van der Waals surface area contributed by atoms with Gasteiger partial charge in [-0.05, 0) is 7.05 Å². The van der Waals surface area contributed by atoms with Gasteiger partial charge in [-0.1, -0.05) is 0 Å². The largest absolute Gasteiger partial charge is 0.468 e. The van der Waals surface area contributed by atoms with Crippen molar-refractivity contribution in [1.82, 2.24) is 5.32 Å². The van der Waals surface area contributed by atoms with Crippen LogP contribution < -0.4 is 5.32 Å². The minimum atomic E-state index is -4.60. The fraction of sp³-hybridized carbons (Fsp3) is 0.800. The van der Waals surface area contributed by atoms with Crippen molar-refractivity contribution < 1.29 is 22.7 Å². The van der Waals surface area contributed by atoms with Crippen molar-refractivity contribution >= 4 is 5.97 Å². The molecule has 0 heterocycles. The van der Waals surface area contributed by atoms with Crippen LogP contribution in [0, 0.1) is 0 Å². The van der Waals surface area contributed by atoms with E-state index in [2.05, 4.69) is 4.74 Å². The van der Waals surface area contributed by atoms with E-state index in [1.807, 2.05) is 0 Å². The molecule has 6 heteroatoms. The normalized spacial score (nSPS) is 14.3. The lowest BCUT2D eigenvalue weighted by atomic mass is 10.3. The van der Waals surface area contributed by atoms with E-state index in [1.54, 1.807) is 5.32 Å². The second kappa shape index (κ2) is 3.56. The summed E-state index contributed by atoms with van der Waals surface area (Å²) in [4.78, 5) is 10.4. The molecule has 1 N–H and O–H groups in total. The molecule has 0 saturated heterocycles. The monoisotopic (exact) mass is 171 g/mol. The zero-order chi connectivity index (χ0) is 9.07. The molecule has 0 rings (SSSR count). The summed E-state index contributed by atoms with van der Waals surface area (Å²) in [6, 6.07) is -2.23. The Bertz CT molecular complexity index is 145. The number of alkyl halides is 3. The fourth-order valence-electron chi connectivity index (χ4n) is 0.533. The highest BCUT2D eigenvalue weighted by molar-refractivity contribution is 5.76. The molecule has 0 spiro atoms. The summed E-state index contributed by atoms with van der Waals surface area (Å²) in [7, 11) is 1.94. The fourth-order valence-corrected chi connectivity index (χ4v) is 0.533. The Labute approximate surface area is 61.5 Å². The maximum atomic E-state index is 11.8. The lowest BCUT2D eigenvalue weighted by Gasteiger charge is -2.16. The quantitative estimate of drug-likeness (QED) is 0.607. The number of hydrogen-bond acceptors (Lipinski definition) is 3. The van der Waals surface area contributed by atoms with Crippen molar-refractivity contribution in [3.05, 3.63) is 0 Å². The van der Waals surface area contributed by atoms with Crippen molar-refractivity contribution in [3.8, 4) is 0 Å². The second-order valence-electron chi connectivity index (χ2n) is 1.79. The lowest BCUT2D eigenvalue weighted by Crippen LogP contribution is -2.47. The Kier molecular flexibility index (Phi) is 3.31. The SMILES string of the molecule is CN[C@H](C(=O)OC)C(F)(F)F. The van der Waals surface area contributed by atoms with Crippen LogP contribution in [0.2, 0.25) is 0 Å². The Hall–Kier alpha value is -0.780. The molecule has 66 valence electrons. The molecule has 1 atom stereocenters. The summed E-state index contributed by atoms with van der Waals surface area (Å²) in [5.74, 6) is -1.33. The summed E-state index contributed by atoms with van der Waals surface area (Å²) in [6.45, 7) is 0. The van der Waals surface area contributed by atoms with Gasteiger partial charge in [0.2, 0.25) is 6.04 Å². The molecule has 0 aliphatic rings. The average molecular weight is 171 g/mol. The Morgan fingerprint density at radius 3 is 2.09 bits per heavy atom. The smallest absolute Gasteiger partial charge is 0.414 e. The first-order valence-electron chi connectivity index (χ1n) is 2.75. The summed E-state index contributed by atoms with van der Waals surface area (Å²) in [5, 5.41) is 1.79. The van der Waals surface area contributed by atoms with Crippen molar-refractivity contribution in [3.63, 3.8) is 0 Å². The first-order valence-corrected chi connectivity index (χ1v) is 2.75. The van der Waals surface area contributed by atoms with Crippen molar-refractivity contribution in [1.29, 1.82) is 0 Å². The number of methoxy groups -OCH3 is 1. The molecule has 0 aromatic rings. The van der Waals surface area contributed by atoms with E-state index in [0.29, 0.717) is 0 Å². The Morgan fingerprint density at radius 2 is 2.00 bits per heavy atom. The van der Waals surface area contributed by atoms with Crippen LogP contribution >= 0.6 is 0 Å². The lowest BCUT2D eigenvalue weighted by molar-refractivity contribution is -0.181. The van der Waals surface area contributed by atoms with Crippen LogP contribution in [-0.4, -0.2) is 32.3 Å². The summed E-state index contributed by atoms with van der Waals surface area (Å²) >= 11 is 0. The third kappa shape index (κ3) is 2.75. The number of halogens is 3. The van der Waals surface area contributed by atoms with Crippen LogP contribution in [0.25, 0.3) is 0 Å². The van der Waals surface area contributed by atoms with E-state index in [4.69, 9.17) is 0 Å². The van der Waals surface area contributed by atoms with Gasteiger partial charge in [0.1, 0.15) is 0 Å². The molecule has 0 aromatic heterocycles. The van der Waals surface area contributed by atoms with Crippen molar-refractivity contribution in [2.75, 3.05) is 14.2 Å². The third-order valence-electron chi connectivity index (χ3n) is 1.05. The maximum Gasteiger partial charge on any atom is 0.414 e. The van der Waals surface area contributed by atoms with E-state index in [-0.39, 0.29) is 0 Å². The number of hydrogen-bond donors (Lipinski definition) is 1. The average Bonchev–Trinajstić information content (AvgIpc) is 1.86. The van der Waals surface area contributed by atoms with Gasteiger partial charge in [0, 0.05) is 0 Å². The number of carbonyl (C=O) groups is 1. The van der Waals surface area contributed by atoms with Gasteiger partial charge in [0.05, 0.1) is 7.11 Å². The Balaban J connectivity index is 4.29. The minimum Gasteiger partial charge on any atom is -0.468 e. The number of carbonyl (C=O) groups excluding carboxylic acids is 1. The van der Waals surface area contributed by atoms with E-state index in [1.165, 1.54) is 0 Å². The van der Waals surface area contributed by atoms with Crippen LogP contribution in [0.15, 0.2) is 0 Å². The molecule has 0 aromatic carbocycles. The highest BCUT2D eigenvalue weighted by atomic mass is 19.4. The van der Waals surface area contributed by atoms with Crippen LogP contribution in [0.3, 0.4) is 0 Å². The van der Waals surface area contributed by atoms with Crippen LogP contribution in [0.1, 0.15) is 0 Å². The zero-order valence-electron chi connectivity index (χ0n) is 6.03. The highest BCUT2D eigenvalue weighted by Crippen LogP contribution is 2.20. The van der Waals surface area contributed by atoms with Gasteiger partial charge in [-0.3, -0.25) is 10.1 Å². The molecule has 0 unspecified atom stereocenters. The summed E-state index contributed by atoms with van der Waals surface area (Å²) in [6.07, 6.45) is -4.60. The number of rotatable bonds is 2. The first kappa shape index (κ1) is 10.2. The van der Waals surface area contributed by atoms with Crippen LogP contribution in [-0.2, 0) is 9.53 Å². The molecule has 0 aliphatic heterocycles. The van der Waals surface area contributed by atoms with Gasteiger partial charge >= 0.3 is 12.1 Å². The number of esters is 1. The van der Waals surface area contributed by atoms with E-state index in [0.717, 1.165) is 14.2 Å². The molecule has 0 radical (unpaired) electrons. The molecule has 0 amide bonds. The van der Waals surface area contributed by atoms with Gasteiger partial charge < -0.3 is 4.74 Å². The molecular formula is C5H8F3NO2. The topological polar surface area (TPSA) is 38.3 Å². The predicted octanol–water partition coefficient (Wildman–Crippen LogP) is 0.310. The number of ether oxygens (including phenoxy) is 1. The molecular weight excluding hydrogens is 163 g/mol.